The topological polar surface area (TPSA) is 55.2 Å². The fraction of sp³-hybridized carbons (Fsp3) is 0.625. The van der Waals surface area contributed by atoms with Gasteiger partial charge in [-0.3, -0.25) is 10.1 Å². The molecule has 2 rings (SSSR count). The van der Waals surface area contributed by atoms with Crippen LogP contribution in [-0.2, 0) is 6.42 Å². The molecule has 0 spiro atoms. The Morgan fingerprint density at radius 2 is 2.00 bits per heavy atom. The lowest BCUT2D eigenvalue weighted by Gasteiger charge is -2.39. The summed E-state index contributed by atoms with van der Waals surface area (Å²) in [7, 11) is 0. The van der Waals surface area contributed by atoms with Crippen molar-refractivity contribution in [3.63, 3.8) is 0 Å². The monoisotopic (exact) mass is 276 g/mol. The minimum absolute atomic E-state index is 0.162. The Morgan fingerprint density at radius 1 is 1.30 bits per heavy atom. The second-order valence-corrected chi connectivity index (χ2v) is 6.41. The molecule has 4 nitrogen and oxygen atoms in total. The highest BCUT2D eigenvalue weighted by Crippen LogP contribution is 2.35. The number of hydrogen-bond acceptors (Lipinski definition) is 3. The molecule has 1 N–H and O–H groups in total. The largest absolute Gasteiger partial charge is 0.313 e. The van der Waals surface area contributed by atoms with Gasteiger partial charge in [0.15, 0.2) is 0 Å². The van der Waals surface area contributed by atoms with Gasteiger partial charge in [-0.1, -0.05) is 38.8 Å². The predicted molar refractivity (Wildman–Crippen MR) is 80.8 cm³/mol. The van der Waals surface area contributed by atoms with Crippen LogP contribution in [0, 0.1) is 15.5 Å². The molecule has 1 aromatic rings. The number of benzene rings is 1. The zero-order valence-corrected chi connectivity index (χ0v) is 12.4. The van der Waals surface area contributed by atoms with E-state index in [1.54, 1.807) is 12.1 Å². The van der Waals surface area contributed by atoms with Crippen molar-refractivity contribution >= 4 is 5.69 Å². The lowest BCUT2D eigenvalue weighted by atomic mass is 9.73. The maximum absolute atomic E-state index is 10.6. The van der Waals surface area contributed by atoms with Crippen LogP contribution in [0.15, 0.2) is 24.3 Å². The Kier molecular flexibility index (Phi) is 4.76. The van der Waals surface area contributed by atoms with Crippen LogP contribution in [0.5, 0.6) is 0 Å². The Labute approximate surface area is 120 Å². The summed E-state index contributed by atoms with van der Waals surface area (Å²) in [4.78, 5) is 10.2. The van der Waals surface area contributed by atoms with Gasteiger partial charge in [-0.05, 0) is 36.8 Å². The minimum atomic E-state index is -0.355. The van der Waals surface area contributed by atoms with Crippen molar-refractivity contribution in [2.45, 2.75) is 52.0 Å². The summed E-state index contributed by atoms with van der Waals surface area (Å²) in [6, 6.07) is 7.46. The molecule has 1 unspecified atom stereocenters. The van der Waals surface area contributed by atoms with E-state index in [1.165, 1.54) is 25.7 Å². The van der Waals surface area contributed by atoms with E-state index in [0.717, 1.165) is 18.5 Å². The van der Waals surface area contributed by atoms with Gasteiger partial charge in [-0.15, -0.1) is 0 Å². The summed E-state index contributed by atoms with van der Waals surface area (Å²) in [6.07, 6.45) is 6.13. The van der Waals surface area contributed by atoms with Crippen LogP contribution in [-0.4, -0.2) is 17.5 Å². The highest BCUT2D eigenvalue weighted by Gasteiger charge is 2.31. The molecule has 0 heterocycles. The molecule has 0 saturated heterocycles. The molecular weight excluding hydrogens is 252 g/mol. The fourth-order valence-electron chi connectivity index (χ4n) is 3.05. The summed E-state index contributed by atoms with van der Waals surface area (Å²) in [6.45, 7) is 5.62. The van der Waals surface area contributed by atoms with Crippen LogP contribution in [0.1, 0.15) is 45.1 Å². The first kappa shape index (κ1) is 15.0. The highest BCUT2D eigenvalue weighted by molar-refractivity contribution is 5.32. The second-order valence-electron chi connectivity index (χ2n) is 6.41. The van der Waals surface area contributed by atoms with E-state index < -0.39 is 0 Å². The molecule has 1 aromatic carbocycles. The summed E-state index contributed by atoms with van der Waals surface area (Å²) >= 11 is 0. The molecular formula is C16H24N2O2. The summed E-state index contributed by atoms with van der Waals surface area (Å²) < 4.78 is 0. The molecule has 1 fully saturated rings. The standard InChI is InChI=1S/C16H24N2O2/c1-16(2)11-4-3-5-15(16)17-12-10-13-6-8-14(9-7-13)18(19)20/h6-9,15,17H,3-5,10-12H2,1-2H3. The number of hydrogen-bond donors (Lipinski definition) is 1. The molecule has 110 valence electrons. The third kappa shape index (κ3) is 3.79. The number of rotatable bonds is 5. The van der Waals surface area contributed by atoms with Crippen LogP contribution in [0.3, 0.4) is 0 Å². The van der Waals surface area contributed by atoms with Gasteiger partial charge in [0.2, 0.25) is 0 Å². The van der Waals surface area contributed by atoms with Crippen molar-refractivity contribution in [3.8, 4) is 0 Å². The number of non-ortho nitro benzene ring substituents is 1. The van der Waals surface area contributed by atoms with Crippen LogP contribution >= 0.6 is 0 Å². The number of nitrogens with zero attached hydrogens (tertiary/aromatic N) is 1. The predicted octanol–water partition coefficient (Wildman–Crippen LogP) is 3.70. The van der Waals surface area contributed by atoms with Crippen molar-refractivity contribution in [1.29, 1.82) is 0 Å². The first-order valence-electron chi connectivity index (χ1n) is 7.46. The van der Waals surface area contributed by atoms with E-state index in [9.17, 15) is 10.1 Å². The molecule has 0 aromatic heterocycles. The van der Waals surface area contributed by atoms with Gasteiger partial charge < -0.3 is 5.32 Å². The quantitative estimate of drug-likeness (QED) is 0.659. The third-order valence-corrected chi connectivity index (χ3v) is 4.46. The van der Waals surface area contributed by atoms with Crippen molar-refractivity contribution in [2.75, 3.05) is 6.54 Å². The molecule has 1 aliphatic rings. The van der Waals surface area contributed by atoms with Gasteiger partial charge in [0.25, 0.3) is 5.69 Å². The maximum atomic E-state index is 10.6. The van der Waals surface area contributed by atoms with Crippen LogP contribution in [0.4, 0.5) is 5.69 Å². The first-order chi connectivity index (χ1) is 9.49. The van der Waals surface area contributed by atoms with Crippen LogP contribution in [0.2, 0.25) is 0 Å². The molecule has 0 radical (unpaired) electrons. The van der Waals surface area contributed by atoms with E-state index in [-0.39, 0.29) is 10.6 Å². The Bertz CT molecular complexity index is 454. The second kappa shape index (κ2) is 6.35. The number of nitro benzene ring substituents is 1. The van der Waals surface area contributed by atoms with Crippen molar-refractivity contribution < 1.29 is 4.92 Å². The lowest BCUT2D eigenvalue weighted by Crippen LogP contribution is -2.44. The summed E-state index contributed by atoms with van der Waals surface area (Å²) in [5.41, 5.74) is 1.69. The van der Waals surface area contributed by atoms with Crippen molar-refractivity contribution in [2.24, 2.45) is 5.41 Å². The summed E-state index contributed by atoms with van der Waals surface area (Å²) in [5.74, 6) is 0. The number of nitro groups is 1. The first-order valence-corrected chi connectivity index (χ1v) is 7.46. The minimum Gasteiger partial charge on any atom is -0.313 e. The van der Waals surface area contributed by atoms with Gasteiger partial charge in [0.1, 0.15) is 0 Å². The Morgan fingerprint density at radius 3 is 2.60 bits per heavy atom. The fourth-order valence-corrected chi connectivity index (χ4v) is 3.05. The Balaban J connectivity index is 1.82. The zero-order chi connectivity index (χ0) is 14.6. The molecule has 4 heteroatoms. The molecule has 1 aliphatic carbocycles. The SMILES string of the molecule is CC1(C)CCCCC1NCCc1ccc([N+](=O)[O-])cc1. The third-order valence-electron chi connectivity index (χ3n) is 4.46. The molecule has 1 atom stereocenters. The Hall–Kier alpha value is -1.42. The van der Waals surface area contributed by atoms with E-state index in [4.69, 9.17) is 0 Å². The molecule has 20 heavy (non-hydrogen) atoms. The van der Waals surface area contributed by atoms with Gasteiger partial charge in [-0.25, -0.2) is 0 Å². The smallest absolute Gasteiger partial charge is 0.269 e. The van der Waals surface area contributed by atoms with Gasteiger partial charge in [0, 0.05) is 18.2 Å². The van der Waals surface area contributed by atoms with Gasteiger partial charge in [-0.2, -0.15) is 0 Å². The molecule has 1 saturated carbocycles. The highest BCUT2D eigenvalue weighted by atomic mass is 16.6. The lowest BCUT2D eigenvalue weighted by molar-refractivity contribution is -0.384. The number of nitrogens with one attached hydrogen (secondary N) is 1. The average Bonchev–Trinajstić information content (AvgIpc) is 2.41. The van der Waals surface area contributed by atoms with Crippen LogP contribution < -0.4 is 5.32 Å². The maximum Gasteiger partial charge on any atom is 0.269 e. The van der Waals surface area contributed by atoms with Gasteiger partial charge >= 0.3 is 0 Å². The van der Waals surface area contributed by atoms with E-state index >= 15 is 0 Å². The van der Waals surface area contributed by atoms with Crippen molar-refractivity contribution in [1.82, 2.24) is 5.32 Å². The van der Waals surface area contributed by atoms with E-state index in [2.05, 4.69) is 19.2 Å². The van der Waals surface area contributed by atoms with Crippen LogP contribution in [0.25, 0.3) is 0 Å². The van der Waals surface area contributed by atoms with E-state index in [1.807, 2.05) is 12.1 Å². The zero-order valence-electron chi connectivity index (χ0n) is 12.4. The van der Waals surface area contributed by atoms with Gasteiger partial charge in [0.05, 0.1) is 4.92 Å². The molecule has 0 bridgehead atoms. The summed E-state index contributed by atoms with van der Waals surface area (Å²) in [5, 5.41) is 14.3. The molecule has 0 amide bonds. The molecule has 0 aliphatic heterocycles. The van der Waals surface area contributed by atoms with Crippen molar-refractivity contribution in [3.05, 3.63) is 39.9 Å². The average molecular weight is 276 g/mol. The van der Waals surface area contributed by atoms with E-state index in [0.29, 0.717) is 11.5 Å². The normalized spacial score (nSPS) is 21.6.